The zero-order valence-electron chi connectivity index (χ0n) is 10.9. The first-order valence-electron chi connectivity index (χ1n) is 6.48. The molecule has 0 aliphatic carbocycles. The van der Waals surface area contributed by atoms with Gasteiger partial charge in [-0.3, -0.25) is 0 Å². The molecule has 0 amide bonds. The Morgan fingerprint density at radius 3 is 2.63 bits per heavy atom. The monoisotopic (exact) mass is 255 g/mol. The van der Waals surface area contributed by atoms with Crippen LogP contribution in [0.4, 0.5) is 11.4 Å². The summed E-state index contributed by atoms with van der Waals surface area (Å²) in [5.74, 6) is 0.925. The molecule has 1 fully saturated rings. The average molecular weight is 255 g/mol. The van der Waals surface area contributed by atoms with Gasteiger partial charge in [-0.05, 0) is 42.8 Å². The molecule has 1 aliphatic rings. The predicted molar refractivity (Wildman–Crippen MR) is 76.1 cm³/mol. The van der Waals surface area contributed by atoms with E-state index in [9.17, 15) is 0 Å². The third-order valence-electron chi connectivity index (χ3n) is 3.06. The highest BCUT2D eigenvalue weighted by Crippen LogP contribution is 2.25. The van der Waals surface area contributed by atoms with Gasteiger partial charge in [-0.25, -0.2) is 0 Å². The van der Waals surface area contributed by atoms with Gasteiger partial charge < -0.3 is 14.8 Å². The standard InChI is InChI=1S/C16H17NO2/c1-12-9-14(17-13-5-3-2-4-6-13)7-8-16(12)19-11-15-10-18-15/h2-9,15,17H,10-11H2,1H3. The van der Waals surface area contributed by atoms with Crippen molar-refractivity contribution in [3.05, 3.63) is 54.1 Å². The van der Waals surface area contributed by atoms with Gasteiger partial charge in [0.05, 0.1) is 6.61 Å². The largest absolute Gasteiger partial charge is 0.491 e. The highest BCUT2D eigenvalue weighted by molar-refractivity contribution is 5.61. The summed E-state index contributed by atoms with van der Waals surface area (Å²) in [6.07, 6.45) is 0.293. The lowest BCUT2D eigenvalue weighted by atomic mass is 10.2. The van der Waals surface area contributed by atoms with Crippen LogP contribution >= 0.6 is 0 Å². The van der Waals surface area contributed by atoms with Gasteiger partial charge in [0.2, 0.25) is 0 Å². The third-order valence-corrected chi connectivity index (χ3v) is 3.06. The summed E-state index contributed by atoms with van der Waals surface area (Å²) in [7, 11) is 0. The fourth-order valence-corrected chi connectivity index (χ4v) is 1.92. The van der Waals surface area contributed by atoms with Crippen molar-refractivity contribution in [1.29, 1.82) is 0 Å². The summed E-state index contributed by atoms with van der Waals surface area (Å²) < 4.78 is 10.8. The molecule has 2 aromatic carbocycles. The minimum Gasteiger partial charge on any atom is -0.491 e. The Bertz CT molecular complexity index is 550. The van der Waals surface area contributed by atoms with Crippen molar-refractivity contribution < 1.29 is 9.47 Å². The zero-order valence-corrected chi connectivity index (χ0v) is 10.9. The first-order chi connectivity index (χ1) is 9.31. The van der Waals surface area contributed by atoms with Gasteiger partial charge in [0.1, 0.15) is 18.5 Å². The van der Waals surface area contributed by atoms with E-state index in [1.165, 1.54) is 0 Å². The van der Waals surface area contributed by atoms with Gasteiger partial charge in [0, 0.05) is 11.4 Å². The molecule has 19 heavy (non-hydrogen) atoms. The number of ether oxygens (including phenoxy) is 2. The number of hydrogen-bond donors (Lipinski definition) is 1. The Morgan fingerprint density at radius 1 is 1.16 bits per heavy atom. The number of hydrogen-bond acceptors (Lipinski definition) is 3. The van der Waals surface area contributed by atoms with Gasteiger partial charge in [-0.1, -0.05) is 18.2 Å². The Balaban J connectivity index is 1.67. The topological polar surface area (TPSA) is 33.8 Å². The summed E-state index contributed by atoms with van der Waals surface area (Å²) in [4.78, 5) is 0. The van der Waals surface area contributed by atoms with E-state index >= 15 is 0 Å². The van der Waals surface area contributed by atoms with E-state index in [1.807, 2.05) is 42.5 Å². The van der Waals surface area contributed by atoms with E-state index in [4.69, 9.17) is 9.47 Å². The van der Waals surface area contributed by atoms with Gasteiger partial charge in [0.25, 0.3) is 0 Å². The molecule has 3 rings (SSSR count). The number of rotatable bonds is 5. The smallest absolute Gasteiger partial charge is 0.122 e. The summed E-state index contributed by atoms with van der Waals surface area (Å²) in [5, 5.41) is 3.37. The highest BCUT2D eigenvalue weighted by atomic mass is 16.6. The molecule has 0 aromatic heterocycles. The van der Waals surface area contributed by atoms with Crippen molar-refractivity contribution in [1.82, 2.24) is 0 Å². The van der Waals surface area contributed by atoms with Gasteiger partial charge in [0.15, 0.2) is 0 Å². The second-order valence-electron chi connectivity index (χ2n) is 4.74. The Kier molecular flexibility index (Phi) is 3.38. The van der Waals surface area contributed by atoms with Crippen molar-refractivity contribution in [3.63, 3.8) is 0 Å². The Hall–Kier alpha value is -2.00. The minimum absolute atomic E-state index is 0.293. The van der Waals surface area contributed by atoms with E-state index < -0.39 is 0 Å². The molecule has 1 heterocycles. The van der Waals surface area contributed by atoms with Gasteiger partial charge >= 0.3 is 0 Å². The predicted octanol–water partition coefficient (Wildman–Crippen LogP) is 3.52. The lowest BCUT2D eigenvalue weighted by molar-refractivity contribution is 0.262. The second-order valence-corrected chi connectivity index (χ2v) is 4.74. The van der Waals surface area contributed by atoms with Crippen LogP contribution in [0.5, 0.6) is 5.75 Å². The summed E-state index contributed by atoms with van der Waals surface area (Å²) in [6.45, 7) is 3.53. The van der Waals surface area contributed by atoms with Crippen LogP contribution in [0, 0.1) is 6.92 Å². The molecule has 0 spiro atoms. The average Bonchev–Trinajstić information content (AvgIpc) is 3.23. The number of aryl methyl sites for hydroxylation is 1. The van der Waals surface area contributed by atoms with Gasteiger partial charge in [-0.15, -0.1) is 0 Å². The molecule has 1 atom stereocenters. The Morgan fingerprint density at radius 2 is 1.95 bits per heavy atom. The maximum Gasteiger partial charge on any atom is 0.122 e. The molecule has 3 heteroatoms. The van der Waals surface area contributed by atoms with Crippen LogP contribution in [-0.2, 0) is 4.74 Å². The Labute approximate surface area is 113 Å². The summed E-state index contributed by atoms with van der Waals surface area (Å²) >= 11 is 0. The molecule has 3 nitrogen and oxygen atoms in total. The maximum absolute atomic E-state index is 5.71. The quantitative estimate of drug-likeness (QED) is 0.830. The molecule has 0 saturated carbocycles. The van der Waals surface area contributed by atoms with Crippen LogP contribution in [0.25, 0.3) is 0 Å². The minimum atomic E-state index is 0.293. The SMILES string of the molecule is Cc1cc(Nc2ccccc2)ccc1OCC1CO1. The van der Waals surface area contributed by atoms with Gasteiger partial charge in [-0.2, -0.15) is 0 Å². The van der Waals surface area contributed by atoms with Crippen molar-refractivity contribution >= 4 is 11.4 Å². The number of nitrogens with one attached hydrogen (secondary N) is 1. The molecule has 1 aliphatic heterocycles. The summed E-state index contributed by atoms with van der Waals surface area (Å²) in [5.41, 5.74) is 3.28. The fourth-order valence-electron chi connectivity index (χ4n) is 1.92. The number of epoxide rings is 1. The molecule has 1 unspecified atom stereocenters. The van der Waals surface area contributed by atoms with Crippen molar-refractivity contribution in [2.24, 2.45) is 0 Å². The molecule has 1 N–H and O–H groups in total. The molecule has 0 bridgehead atoms. The lowest BCUT2D eigenvalue weighted by Crippen LogP contribution is -2.05. The van der Waals surface area contributed by atoms with E-state index in [0.29, 0.717) is 12.7 Å². The third kappa shape index (κ3) is 3.26. The number of para-hydroxylation sites is 1. The van der Waals surface area contributed by atoms with E-state index in [2.05, 4.69) is 18.3 Å². The zero-order chi connectivity index (χ0) is 13.1. The molecule has 2 aromatic rings. The van der Waals surface area contributed by atoms with Crippen LogP contribution in [0.2, 0.25) is 0 Å². The van der Waals surface area contributed by atoms with Crippen molar-refractivity contribution in [2.75, 3.05) is 18.5 Å². The van der Waals surface area contributed by atoms with E-state index in [0.717, 1.165) is 29.3 Å². The first kappa shape index (κ1) is 12.1. The molecular weight excluding hydrogens is 238 g/mol. The summed E-state index contributed by atoms with van der Waals surface area (Å²) in [6, 6.07) is 16.3. The van der Waals surface area contributed by atoms with Crippen LogP contribution in [0.15, 0.2) is 48.5 Å². The maximum atomic E-state index is 5.71. The molecule has 98 valence electrons. The number of benzene rings is 2. The van der Waals surface area contributed by atoms with Crippen LogP contribution < -0.4 is 10.1 Å². The molecular formula is C16H17NO2. The van der Waals surface area contributed by atoms with Crippen LogP contribution in [-0.4, -0.2) is 19.3 Å². The highest BCUT2D eigenvalue weighted by Gasteiger charge is 2.23. The van der Waals surface area contributed by atoms with Crippen molar-refractivity contribution in [3.8, 4) is 5.75 Å². The lowest BCUT2D eigenvalue weighted by Gasteiger charge is -2.11. The van der Waals surface area contributed by atoms with E-state index in [1.54, 1.807) is 0 Å². The molecule has 0 radical (unpaired) electrons. The van der Waals surface area contributed by atoms with Crippen LogP contribution in [0.1, 0.15) is 5.56 Å². The number of anilines is 2. The first-order valence-corrected chi connectivity index (χ1v) is 6.48. The van der Waals surface area contributed by atoms with Crippen LogP contribution in [0.3, 0.4) is 0 Å². The van der Waals surface area contributed by atoms with Crippen molar-refractivity contribution in [2.45, 2.75) is 13.0 Å². The molecule has 1 saturated heterocycles. The van der Waals surface area contributed by atoms with E-state index in [-0.39, 0.29) is 0 Å². The second kappa shape index (κ2) is 5.33. The fraction of sp³-hybridized carbons (Fsp3) is 0.250. The normalized spacial score (nSPS) is 17.0.